The third kappa shape index (κ3) is 2.62. The maximum atomic E-state index is 5.50. The summed E-state index contributed by atoms with van der Waals surface area (Å²) in [4.78, 5) is 0. The van der Waals surface area contributed by atoms with Gasteiger partial charge < -0.3 is 4.74 Å². The van der Waals surface area contributed by atoms with Crippen molar-refractivity contribution in [2.45, 2.75) is 38.8 Å². The zero-order valence-electron chi connectivity index (χ0n) is 10.5. The first-order valence-electron chi connectivity index (χ1n) is 6.22. The first-order chi connectivity index (χ1) is 8.24. The van der Waals surface area contributed by atoms with E-state index in [1.807, 2.05) is 0 Å². The molecular formula is C15H19NO. The van der Waals surface area contributed by atoms with E-state index in [9.17, 15) is 0 Å². The first kappa shape index (κ1) is 12.0. The molecule has 1 N–H and O–H groups in total. The zero-order valence-corrected chi connectivity index (χ0v) is 10.5. The molecule has 0 spiro atoms. The summed E-state index contributed by atoms with van der Waals surface area (Å²) >= 11 is 0. The van der Waals surface area contributed by atoms with Crippen molar-refractivity contribution in [3.05, 3.63) is 29.3 Å². The second-order valence-corrected chi connectivity index (χ2v) is 4.48. The lowest BCUT2D eigenvalue weighted by atomic mass is 10.0. The largest absolute Gasteiger partial charge is 0.493 e. The van der Waals surface area contributed by atoms with E-state index in [0.29, 0.717) is 0 Å². The molecule has 0 amide bonds. The fourth-order valence-electron chi connectivity index (χ4n) is 2.16. The highest BCUT2D eigenvalue weighted by Crippen LogP contribution is 2.28. The molecular weight excluding hydrogens is 210 g/mol. The van der Waals surface area contributed by atoms with Crippen molar-refractivity contribution in [2.75, 3.05) is 6.61 Å². The van der Waals surface area contributed by atoms with Gasteiger partial charge in [-0.25, -0.2) is 0 Å². The van der Waals surface area contributed by atoms with Crippen molar-refractivity contribution in [3.8, 4) is 18.1 Å². The number of fused-ring (bicyclic) bond motifs is 1. The quantitative estimate of drug-likeness (QED) is 0.801. The Hall–Kier alpha value is -1.46. The van der Waals surface area contributed by atoms with Gasteiger partial charge in [0.15, 0.2) is 0 Å². The summed E-state index contributed by atoms with van der Waals surface area (Å²) in [5.41, 5.74) is 2.59. The van der Waals surface area contributed by atoms with E-state index in [1.54, 1.807) is 0 Å². The van der Waals surface area contributed by atoms with Gasteiger partial charge in [-0.1, -0.05) is 25.0 Å². The van der Waals surface area contributed by atoms with Crippen LogP contribution in [-0.4, -0.2) is 12.6 Å². The molecule has 0 bridgehead atoms. The molecule has 1 aromatic rings. The van der Waals surface area contributed by atoms with Crippen LogP contribution in [0.3, 0.4) is 0 Å². The van der Waals surface area contributed by atoms with Gasteiger partial charge in [0.05, 0.1) is 12.6 Å². The first-order valence-corrected chi connectivity index (χ1v) is 6.22. The highest BCUT2D eigenvalue weighted by atomic mass is 16.5. The minimum atomic E-state index is 0.148. The van der Waals surface area contributed by atoms with Crippen LogP contribution in [0.1, 0.15) is 37.4 Å². The minimum absolute atomic E-state index is 0.148. The summed E-state index contributed by atoms with van der Waals surface area (Å²) in [6, 6.07) is 6.83. The van der Waals surface area contributed by atoms with E-state index in [2.05, 4.69) is 43.3 Å². The average Bonchev–Trinajstić information content (AvgIpc) is 2.82. The molecule has 0 aliphatic carbocycles. The Morgan fingerprint density at radius 3 is 3.06 bits per heavy atom. The van der Waals surface area contributed by atoms with Gasteiger partial charge in [-0.2, -0.15) is 0 Å². The second-order valence-electron chi connectivity index (χ2n) is 4.48. The van der Waals surface area contributed by atoms with Crippen molar-refractivity contribution in [1.82, 2.24) is 5.32 Å². The topological polar surface area (TPSA) is 21.3 Å². The predicted octanol–water partition coefficient (Wildman–Crippen LogP) is 2.68. The molecule has 0 saturated carbocycles. The van der Waals surface area contributed by atoms with Gasteiger partial charge in [-0.3, -0.25) is 5.32 Å². The molecule has 2 heteroatoms. The molecule has 1 aliphatic rings. The van der Waals surface area contributed by atoms with E-state index >= 15 is 0 Å². The average molecular weight is 229 g/mol. The number of rotatable bonds is 4. The van der Waals surface area contributed by atoms with Gasteiger partial charge in [0.25, 0.3) is 0 Å². The van der Waals surface area contributed by atoms with Gasteiger partial charge in [0, 0.05) is 12.5 Å². The molecule has 1 aromatic carbocycles. The van der Waals surface area contributed by atoms with Crippen molar-refractivity contribution in [2.24, 2.45) is 0 Å². The lowest BCUT2D eigenvalue weighted by Crippen LogP contribution is -2.29. The second kappa shape index (κ2) is 5.25. The molecule has 2 atom stereocenters. The van der Waals surface area contributed by atoms with Crippen molar-refractivity contribution >= 4 is 0 Å². The maximum Gasteiger partial charge on any atom is 0.122 e. The van der Waals surface area contributed by atoms with E-state index in [4.69, 9.17) is 11.2 Å². The van der Waals surface area contributed by atoms with Crippen LogP contribution < -0.4 is 10.1 Å². The third-order valence-electron chi connectivity index (χ3n) is 3.27. The molecule has 0 radical (unpaired) electrons. The number of benzene rings is 1. The van der Waals surface area contributed by atoms with Gasteiger partial charge in [-0.15, -0.1) is 6.42 Å². The van der Waals surface area contributed by atoms with Gasteiger partial charge in [0.1, 0.15) is 5.75 Å². The number of hydrogen-bond donors (Lipinski definition) is 1. The Balaban J connectivity index is 2.09. The lowest BCUT2D eigenvalue weighted by molar-refractivity contribution is 0.356. The molecule has 90 valence electrons. The Bertz CT molecular complexity index is 433. The van der Waals surface area contributed by atoms with Gasteiger partial charge in [-0.05, 0) is 30.5 Å². The summed E-state index contributed by atoms with van der Waals surface area (Å²) in [5.74, 6) is 3.80. The van der Waals surface area contributed by atoms with Crippen LogP contribution in [0.5, 0.6) is 5.75 Å². The van der Waals surface area contributed by atoms with Crippen LogP contribution in [0.25, 0.3) is 0 Å². The highest BCUT2D eigenvalue weighted by Gasteiger charge is 2.15. The number of terminal acetylenes is 1. The third-order valence-corrected chi connectivity index (χ3v) is 3.27. The summed E-state index contributed by atoms with van der Waals surface area (Å²) in [6.45, 7) is 5.06. The van der Waals surface area contributed by atoms with E-state index < -0.39 is 0 Å². The summed E-state index contributed by atoms with van der Waals surface area (Å²) in [7, 11) is 0. The van der Waals surface area contributed by atoms with Crippen LogP contribution >= 0.6 is 0 Å². The van der Waals surface area contributed by atoms with Gasteiger partial charge in [0.2, 0.25) is 0 Å². The Labute approximate surface area is 103 Å². The zero-order chi connectivity index (χ0) is 12.3. The van der Waals surface area contributed by atoms with Crippen molar-refractivity contribution in [3.63, 3.8) is 0 Å². The summed E-state index contributed by atoms with van der Waals surface area (Å²) < 4.78 is 5.50. The molecule has 2 unspecified atom stereocenters. The van der Waals surface area contributed by atoms with Crippen molar-refractivity contribution in [1.29, 1.82) is 0 Å². The summed E-state index contributed by atoms with van der Waals surface area (Å²) in [6.07, 6.45) is 7.44. The molecule has 0 fully saturated rings. The normalized spacial score (nSPS) is 16.8. The Morgan fingerprint density at radius 2 is 2.35 bits per heavy atom. The monoisotopic (exact) mass is 229 g/mol. The minimum Gasteiger partial charge on any atom is -0.493 e. The molecule has 0 saturated heterocycles. The predicted molar refractivity (Wildman–Crippen MR) is 70.1 cm³/mol. The van der Waals surface area contributed by atoms with Crippen LogP contribution in [0.4, 0.5) is 0 Å². The maximum absolute atomic E-state index is 5.50. The number of hydrogen-bond acceptors (Lipinski definition) is 2. The van der Waals surface area contributed by atoms with Crippen LogP contribution in [-0.2, 0) is 6.42 Å². The fraction of sp³-hybridized carbons (Fsp3) is 0.467. The van der Waals surface area contributed by atoms with Gasteiger partial charge >= 0.3 is 0 Å². The highest BCUT2D eigenvalue weighted by molar-refractivity contribution is 5.40. The molecule has 0 aromatic heterocycles. The van der Waals surface area contributed by atoms with Crippen LogP contribution in [0.15, 0.2) is 18.2 Å². The molecule has 1 heterocycles. The van der Waals surface area contributed by atoms with E-state index in [0.717, 1.165) is 25.2 Å². The fourth-order valence-corrected chi connectivity index (χ4v) is 2.16. The molecule has 17 heavy (non-hydrogen) atoms. The Morgan fingerprint density at radius 1 is 1.53 bits per heavy atom. The van der Waals surface area contributed by atoms with E-state index in [-0.39, 0.29) is 12.1 Å². The molecule has 2 rings (SSSR count). The van der Waals surface area contributed by atoms with Crippen LogP contribution in [0, 0.1) is 12.3 Å². The number of ether oxygens (including phenoxy) is 1. The Kier molecular flexibility index (Phi) is 3.71. The SMILES string of the molecule is C#CC(CC)NC(C)c1ccc2c(c1)CCO2. The van der Waals surface area contributed by atoms with Crippen molar-refractivity contribution < 1.29 is 4.74 Å². The summed E-state index contributed by atoms with van der Waals surface area (Å²) in [5, 5.41) is 3.45. The molecule has 1 aliphatic heterocycles. The number of nitrogens with one attached hydrogen (secondary N) is 1. The van der Waals surface area contributed by atoms with E-state index in [1.165, 1.54) is 11.1 Å². The standard InChI is InChI=1S/C15H19NO/c1-4-14(5-2)16-11(3)12-6-7-15-13(10-12)8-9-17-15/h1,6-7,10-11,14,16H,5,8-9H2,2-3H3. The lowest BCUT2D eigenvalue weighted by Gasteiger charge is -2.19. The van der Waals surface area contributed by atoms with Crippen LogP contribution in [0.2, 0.25) is 0 Å². The molecule has 2 nitrogen and oxygen atoms in total. The smallest absolute Gasteiger partial charge is 0.122 e.